The van der Waals surface area contributed by atoms with E-state index in [0.29, 0.717) is 6.54 Å². The summed E-state index contributed by atoms with van der Waals surface area (Å²) in [4.78, 5) is 27.6. The lowest BCUT2D eigenvalue weighted by Crippen LogP contribution is -2.27. The molecule has 2 aromatic rings. The maximum Gasteiger partial charge on any atom is 0.359 e. The van der Waals surface area contributed by atoms with Crippen LogP contribution in [0.3, 0.4) is 0 Å². The molecule has 0 saturated carbocycles. The third-order valence-electron chi connectivity index (χ3n) is 2.97. The third kappa shape index (κ3) is 3.25. The first-order valence-corrected chi connectivity index (χ1v) is 6.51. The number of ether oxygens (including phenoxy) is 1. The van der Waals surface area contributed by atoms with Crippen LogP contribution in [0.15, 0.2) is 35.4 Å². The lowest BCUT2D eigenvalue weighted by Gasteiger charge is -2.13. The molecule has 7 nitrogen and oxygen atoms in total. The summed E-state index contributed by atoms with van der Waals surface area (Å²) in [6, 6.07) is 4.75. The van der Waals surface area contributed by atoms with Gasteiger partial charge in [0.25, 0.3) is 5.56 Å². The van der Waals surface area contributed by atoms with E-state index in [2.05, 4.69) is 10.1 Å². The summed E-state index contributed by atoms with van der Waals surface area (Å²) < 4.78 is 6.44. The Labute approximate surface area is 121 Å². The number of aromatic nitrogens is 3. The second-order valence-corrected chi connectivity index (χ2v) is 4.43. The number of carbonyl (C=O) groups excluding carboxylic acids is 1. The number of anilines is 1. The van der Waals surface area contributed by atoms with Crippen molar-refractivity contribution >= 4 is 11.7 Å². The highest BCUT2D eigenvalue weighted by atomic mass is 16.5. The molecule has 7 heteroatoms. The van der Waals surface area contributed by atoms with E-state index in [-0.39, 0.29) is 11.4 Å². The average Bonchev–Trinajstić information content (AvgIpc) is 2.50. The van der Waals surface area contributed by atoms with Gasteiger partial charge >= 0.3 is 5.97 Å². The van der Waals surface area contributed by atoms with Crippen LogP contribution in [-0.2, 0) is 11.3 Å². The fourth-order valence-corrected chi connectivity index (χ4v) is 1.80. The Bertz CT molecular complexity index is 697. The van der Waals surface area contributed by atoms with E-state index < -0.39 is 17.6 Å². The van der Waals surface area contributed by atoms with Gasteiger partial charge in [-0.15, -0.1) is 0 Å². The van der Waals surface area contributed by atoms with Crippen LogP contribution in [0, 0.1) is 0 Å². The molecule has 0 saturated heterocycles. The molecule has 2 N–H and O–H groups in total. The summed E-state index contributed by atoms with van der Waals surface area (Å²) in [6.07, 6.45) is 2.78. The first kappa shape index (κ1) is 14.7. The van der Waals surface area contributed by atoms with E-state index in [4.69, 9.17) is 10.5 Å². The van der Waals surface area contributed by atoms with Crippen molar-refractivity contribution in [3.8, 4) is 0 Å². The van der Waals surface area contributed by atoms with Crippen LogP contribution in [0.5, 0.6) is 0 Å². The largest absolute Gasteiger partial charge is 0.453 e. The molecule has 1 unspecified atom stereocenters. The molecule has 2 rings (SSSR count). The highest BCUT2D eigenvalue weighted by molar-refractivity contribution is 5.88. The van der Waals surface area contributed by atoms with Crippen molar-refractivity contribution in [3.63, 3.8) is 0 Å². The molecule has 0 aliphatic heterocycles. The number of rotatable bonds is 4. The van der Waals surface area contributed by atoms with Crippen LogP contribution in [0.2, 0.25) is 0 Å². The fraction of sp³-hybridized carbons (Fsp3) is 0.286. The summed E-state index contributed by atoms with van der Waals surface area (Å²) in [5.41, 5.74) is 5.96. The highest BCUT2D eigenvalue weighted by Gasteiger charge is 2.17. The number of esters is 1. The van der Waals surface area contributed by atoms with Gasteiger partial charge in [0, 0.05) is 25.0 Å². The highest BCUT2D eigenvalue weighted by Crippen LogP contribution is 2.17. The Hall–Kier alpha value is -2.70. The Morgan fingerprint density at radius 2 is 2.10 bits per heavy atom. The quantitative estimate of drug-likeness (QED) is 0.847. The number of pyridine rings is 1. The molecule has 0 fully saturated rings. The number of carbonyl (C=O) groups is 1. The van der Waals surface area contributed by atoms with Crippen molar-refractivity contribution in [3.05, 3.63) is 52.2 Å². The van der Waals surface area contributed by atoms with E-state index in [1.165, 1.54) is 6.07 Å². The van der Waals surface area contributed by atoms with Crippen LogP contribution < -0.4 is 11.3 Å². The molecule has 2 aromatic heterocycles. The van der Waals surface area contributed by atoms with Gasteiger partial charge in [0.1, 0.15) is 11.8 Å². The van der Waals surface area contributed by atoms with Gasteiger partial charge in [-0.1, -0.05) is 0 Å². The van der Waals surface area contributed by atoms with Crippen molar-refractivity contribution in [2.45, 2.75) is 26.5 Å². The minimum absolute atomic E-state index is 0.00913. The van der Waals surface area contributed by atoms with Gasteiger partial charge in [-0.25, -0.2) is 9.48 Å². The average molecular weight is 288 g/mol. The normalized spacial score (nSPS) is 11.9. The van der Waals surface area contributed by atoms with E-state index in [1.807, 2.05) is 0 Å². The fourth-order valence-electron chi connectivity index (χ4n) is 1.80. The van der Waals surface area contributed by atoms with Crippen LogP contribution in [-0.4, -0.2) is 20.7 Å². The van der Waals surface area contributed by atoms with E-state index in [1.54, 1.807) is 38.4 Å². The van der Waals surface area contributed by atoms with Crippen molar-refractivity contribution in [2.75, 3.05) is 5.73 Å². The molecule has 0 spiro atoms. The lowest BCUT2D eigenvalue weighted by molar-refractivity contribution is 0.0327. The monoisotopic (exact) mass is 288 g/mol. The number of nitrogen functional groups attached to an aromatic ring is 1. The zero-order valence-electron chi connectivity index (χ0n) is 11.8. The van der Waals surface area contributed by atoms with Gasteiger partial charge in [-0.05, 0) is 31.5 Å². The Morgan fingerprint density at radius 1 is 1.43 bits per heavy atom. The number of nitrogens with zero attached hydrogens (tertiary/aromatic N) is 3. The molecule has 0 bridgehead atoms. The summed E-state index contributed by atoms with van der Waals surface area (Å²) in [7, 11) is 0. The molecule has 0 radical (unpaired) electrons. The number of nitrogens with two attached hydrogens (primary N) is 1. The van der Waals surface area contributed by atoms with Gasteiger partial charge in [0.05, 0.1) is 0 Å². The van der Waals surface area contributed by atoms with Gasteiger partial charge in [0.15, 0.2) is 5.69 Å². The standard InChI is InChI=1S/C14H16N4O3/c1-3-18-13(19)11(15)8-12(17-18)14(20)21-9(2)10-4-6-16-7-5-10/h4-9H,3,15H2,1-2H3. The van der Waals surface area contributed by atoms with Gasteiger partial charge in [0.2, 0.25) is 0 Å². The minimum Gasteiger partial charge on any atom is -0.453 e. The SMILES string of the molecule is CCn1nc(C(=O)OC(C)c2ccncc2)cc(N)c1=O. The molecule has 1 atom stereocenters. The number of hydrogen-bond donors (Lipinski definition) is 1. The zero-order chi connectivity index (χ0) is 15.4. The Kier molecular flexibility index (Phi) is 4.32. The topological polar surface area (TPSA) is 100 Å². The molecule has 0 amide bonds. The minimum atomic E-state index is -0.631. The van der Waals surface area contributed by atoms with Crippen LogP contribution >= 0.6 is 0 Å². The van der Waals surface area contributed by atoms with Crippen LogP contribution in [0.4, 0.5) is 5.69 Å². The molecular weight excluding hydrogens is 272 g/mol. The number of aryl methyl sites for hydroxylation is 1. The number of hydrogen-bond acceptors (Lipinski definition) is 6. The predicted octanol–water partition coefficient (Wildman–Crippen LogP) is 1.16. The van der Waals surface area contributed by atoms with Gasteiger partial charge in [-0.2, -0.15) is 5.10 Å². The third-order valence-corrected chi connectivity index (χ3v) is 2.97. The van der Waals surface area contributed by atoms with E-state index in [0.717, 1.165) is 10.2 Å². The van der Waals surface area contributed by atoms with E-state index in [9.17, 15) is 9.59 Å². The predicted molar refractivity (Wildman–Crippen MR) is 76.7 cm³/mol. The maximum atomic E-state index is 12.1. The van der Waals surface area contributed by atoms with Crippen molar-refractivity contribution in [1.82, 2.24) is 14.8 Å². The van der Waals surface area contributed by atoms with Crippen LogP contribution in [0.25, 0.3) is 0 Å². The van der Waals surface area contributed by atoms with Gasteiger partial charge in [-0.3, -0.25) is 9.78 Å². The molecule has 0 aliphatic rings. The molecule has 21 heavy (non-hydrogen) atoms. The second-order valence-electron chi connectivity index (χ2n) is 4.43. The Morgan fingerprint density at radius 3 is 2.71 bits per heavy atom. The lowest BCUT2D eigenvalue weighted by atomic mass is 10.2. The zero-order valence-corrected chi connectivity index (χ0v) is 11.8. The van der Waals surface area contributed by atoms with Gasteiger partial charge < -0.3 is 10.5 Å². The van der Waals surface area contributed by atoms with Crippen molar-refractivity contribution in [2.24, 2.45) is 0 Å². The second kappa shape index (κ2) is 6.17. The van der Waals surface area contributed by atoms with E-state index >= 15 is 0 Å². The first-order chi connectivity index (χ1) is 10.0. The molecule has 2 heterocycles. The van der Waals surface area contributed by atoms with Crippen LogP contribution in [0.1, 0.15) is 36.0 Å². The van der Waals surface area contributed by atoms with Crippen molar-refractivity contribution < 1.29 is 9.53 Å². The molecule has 0 aliphatic carbocycles. The molecule has 0 aromatic carbocycles. The Balaban J connectivity index is 2.21. The summed E-state index contributed by atoms with van der Waals surface area (Å²) in [5.74, 6) is -0.631. The first-order valence-electron chi connectivity index (χ1n) is 6.51. The molecular formula is C14H16N4O3. The maximum absolute atomic E-state index is 12.1. The summed E-state index contributed by atoms with van der Waals surface area (Å²) in [5, 5.41) is 3.94. The summed E-state index contributed by atoms with van der Waals surface area (Å²) in [6.45, 7) is 3.80. The summed E-state index contributed by atoms with van der Waals surface area (Å²) >= 11 is 0. The molecule has 110 valence electrons. The van der Waals surface area contributed by atoms with Crippen molar-refractivity contribution in [1.29, 1.82) is 0 Å². The smallest absolute Gasteiger partial charge is 0.359 e.